The third kappa shape index (κ3) is 3.39. The van der Waals surface area contributed by atoms with E-state index in [1.165, 1.54) is 6.20 Å². The van der Waals surface area contributed by atoms with Gasteiger partial charge in [-0.05, 0) is 12.1 Å². The molecule has 0 aliphatic heterocycles. The molecule has 0 fully saturated rings. The van der Waals surface area contributed by atoms with Crippen LogP contribution in [0.15, 0.2) is 36.8 Å². The highest BCUT2D eigenvalue weighted by Gasteiger charge is 1.99. The Balaban J connectivity index is 1.86. The van der Waals surface area contributed by atoms with Gasteiger partial charge in [0.2, 0.25) is 5.88 Å². The molecule has 0 atom stereocenters. The Kier molecular flexibility index (Phi) is 3.82. The fourth-order valence-electron chi connectivity index (χ4n) is 1.29. The minimum Gasteiger partial charge on any atom is -0.476 e. The molecule has 2 aromatic heterocycles. The number of nitrogens with two attached hydrogens (primary N) is 1. The molecule has 0 bridgehead atoms. The zero-order valence-corrected chi connectivity index (χ0v) is 9.21. The lowest BCUT2D eigenvalue weighted by Crippen LogP contribution is -2.10. The number of pyridine rings is 1. The van der Waals surface area contributed by atoms with E-state index in [2.05, 4.69) is 20.4 Å². The summed E-state index contributed by atoms with van der Waals surface area (Å²) in [6.07, 6.45) is 5.54. The summed E-state index contributed by atoms with van der Waals surface area (Å²) in [4.78, 5) is 12.2. The summed E-state index contributed by atoms with van der Waals surface area (Å²) >= 11 is 0. The largest absolute Gasteiger partial charge is 0.476 e. The minimum atomic E-state index is 0.441. The van der Waals surface area contributed by atoms with Crippen LogP contribution in [-0.2, 0) is 6.42 Å². The lowest BCUT2D eigenvalue weighted by atomic mass is 10.3. The molecule has 0 saturated heterocycles. The topological polar surface area (TPSA) is 86.0 Å². The van der Waals surface area contributed by atoms with Crippen molar-refractivity contribution < 1.29 is 4.74 Å². The molecule has 17 heavy (non-hydrogen) atoms. The van der Waals surface area contributed by atoms with Gasteiger partial charge in [0, 0.05) is 18.3 Å². The van der Waals surface area contributed by atoms with Crippen LogP contribution in [0.5, 0.6) is 5.88 Å². The molecule has 0 radical (unpaired) electrons. The van der Waals surface area contributed by atoms with E-state index in [0.717, 1.165) is 12.1 Å². The van der Waals surface area contributed by atoms with Gasteiger partial charge in [0.1, 0.15) is 0 Å². The van der Waals surface area contributed by atoms with Crippen molar-refractivity contribution in [3.8, 4) is 5.88 Å². The van der Waals surface area contributed by atoms with Gasteiger partial charge >= 0.3 is 0 Å². The summed E-state index contributed by atoms with van der Waals surface area (Å²) in [5, 5.41) is 0. The van der Waals surface area contributed by atoms with E-state index in [9.17, 15) is 0 Å². The molecular formula is C11H13N5O. The SMILES string of the molecule is NNc1cncc(OCCc2ccccn2)n1. The maximum atomic E-state index is 5.44. The van der Waals surface area contributed by atoms with Gasteiger partial charge in [-0.2, -0.15) is 4.98 Å². The smallest absolute Gasteiger partial charge is 0.234 e. The molecule has 2 aromatic rings. The number of rotatable bonds is 5. The second-order valence-corrected chi connectivity index (χ2v) is 3.31. The summed E-state index contributed by atoms with van der Waals surface area (Å²) < 4.78 is 5.44. The van der Waals surface area contributed by atoms with E-state index in [4.69, 9.17) is 10.6 Å². The molecule has 3 N–H and O–H groups in total. The van der Waals surface area contributed by atoms with E-state index in [0.29, 0.717) is 18.3 Å². The summed E-state index contributed by atoms with van der Waals surface area (Å²) in [6.45, 7) is 0.500. The Labute approximate surface area is 98.9 Å². The molecule has 6 nitrogen and oxygen atoms in total. The molecule has 0 amide bonds. The number of hydrazine groups is 1. The highest BCUT2D eigenvalue weighted by molar-refractivity contribution is 5.31. The van der Waals surface area contributed by atoms with E-state index < -0.39 is 0 Å². The van der Waals surface area contributed by atoms with Crippen LogP contribution in [0.1, 0.15) is 5.69 Å². The summed E-state index contributed by atoms with van der Waals surface area (Å²) in [5.74, 6) is 6.13. The van der Waals surface area contributed by atoms with Crippen LogP contribution in [0.4, 0.5) is 5.82 Å². The standard InChI is InChI=1S/C11H13N5O/c12-16-10-7-13-8-11(15-10)17-6-4-9-3-1-2-5-14-9/h1-3,5,7-8H,4,6,12H2,(H,15,16). The molecule has 0 spiro atoms. The third-order valence-electron chi connectivity index (χ3n) is 2.09. The number of hydrogen-bond acceptors (Lipinski definition) is 6. The van der Waals surface area contributed by atoms with Gasteiger partial charge in [-0.15, -0.1) is 0 Å². The summed E-state index contributed by atoms with van der Waals surface area (Å²) in [7, 11) is 0. The minimum absolute atomic E-state index is 0.441. The van der Waals surface area contributed by atoms with Crippen LogP contribution in [0, 0.1) is 0 Å². The average Bonchev–Trinajstić information content (AvgIpc) is 2.40. The van der Waals surface area contributed by atoms with Crippen LogP contribution in [0.25, 0.3) is 0 Å². The highest BCUT2D eigenvalue weighted by atomic mass is 16.5. The maximum absolute atomic E-state index is 5.44. The first-order chi connectivity index (χ1) is 8.38. The van der Waals surface area contributed by atoms with E-state index in [1.807, 2.05) is 18.2 Å². The zero-order valence-electron chi connectivity index (χ0n) is 9.21. The van der Waals surface area contributed by atoms with Gasteiger partial charge in [-0.1, -0.05) is 6.07 Å². The average molecular weight is 231 g/mol. The second-order valence-electron chi connectivity index (χ2n) is 3.31. The van der Waals surface area contributed by atoms with Crippen LogP contribution < -0.4 is 16.0 Å². The van der Waals surface area contributed by atoms with E-state index >= 15 is 0 Å². The quantitative estimate of drug-likeness (QED) is 0.584. The lowest BCUT2D eigenvalue weighted by molar-refractivity contribution is 0.307. The van der Waals surface area contributed by atoms with Crippen molar-refractivity contribution >= 4 is 5.82 Å². The molecule has 88 valence electrons. The van der Waals surface area contributed by atoms with Crippen molar-refractivity contribution in [1.29, 1.82) is 0 Å². The fourth-order valence-corrected chi connectivity index (χ4v) is 1.29. The van der Waals surface area contributed by atoms with Crippen molar-refractivity contribution in [3.05, 3.63) is 42.5 Å². The first-order valence-corrected chi connectivity index (χ1v) is 5.20. The normalized spacial score (nSPS) is 9.94. The van der Waals surface area contributed by atoms with Gasteiger partial charge in [-0.25, -0.2) is 5.84 Å². The van der Waals surface area contributed by atoms with Crippen molar-refractivity contribution in [2.45, 2.75) is 6.42 Å². The van der Waals surface area contributed by atoms with Crippen molar-refractivity contribution in [2.24, 2.45) is 5.84 Å². The maximum Gasteiger partial charge on any atom is 0.234 e. The van der Waals surface area contributed by atoms with Gasteiger partial charge < -0.3 is 10.2 Å². The number of nitrogens with one attached hydrogen (secondary N) is 1. The molecular weight excluding hydrogens is 218 g/mol. The zero-order chi connectivity index (χ0) is 11.9. The Hall–Kier alpha value is -2.21. The number of aromatic nitrogens is 3. The van der Waals surface area contributed by atoms with Crippen molar-refractivity contribution in [1.82, 2.24) is 15.0 Å². The van der Waals surface area contributed by atoms with E-state index in [-0.39, 0.29) is 0 Å². The van der Waals surface area contributed by atoms with Crippen LogP contribution >= 0.6 is 0 Å². The van der Waals surface area contributed by atoms with Crippen LogP contribution in [0.2, 0.25) is 0 Å². The first-order valence-electron chi connectivity index (χ1n) is 5.20. The number of nitrogens with zero attached hydrogens (tertiary/aromatic N) is 3. The van der Waals surface area contributed by atoms with Gasteiger partial charge in [-0.3, -0.25) is 9.97 Å². The Bertz CT molecular complexity index is 462. The molecule has 6 heteroatoms. The van der Waals surface area contributed by atoms with Gasteiger partial charge in [0.25, 0.3) is 0 Å². The lowest BCUT2D eigenvalue weighted by Gasteiger charge is -2.05. The molecule has 0 aliphatic rings. The molecule has 0 unspecified atom stereocenters. The third-order valence-corrected chi connectivity index (χ3v) is 2.09. The van der Waals surface area contributed by atoms with Crippen LogP contribution in [0.3, 0.4) is 0 Å². The molecule has 2 rings (SSSR count). The van der Waals surface area contributed by atoms with Gasteiger partial charge in [0.05, 0.1) is 19.0 Å². The number of anilines is 1. The van der Waals surface area contributed by atoms with Gasteiger partial charge in [0.15, 0.2) is 5.82 Å². The Morgan fingerprint density at radius 2 is 2.24 bits per heavy atom. The number of nitrogen functional groups attached to an aromatic ring is 1. The highest BCUT2D eigenvalue weighted by Crippen LogP contribution is 2.08. The summed E-state index contributed by atoms with van der Waals surface area (Å²) in [5.41, 5.74) is 3.39. The second kappa shape index (κ2) is 5.76. The summed E-state index contributed by atoms with van der Waals surface area (Å²) in [6, 6.07) is 5.78. The van der Waals surface area contributed by atoms with E-state index in [1.54, 1.807) is 12.4 Å². The van der Waals surface area contributed by atoms with Crippen molar-refractivity contribution in [3.63, 3.8) is 0 Å². The predicted molar refractivity (Wildman–Crippen MR) is 63.3 cm³/mol. The Morgan fingerprint density at radius 1 is 1.29 bits per heavy atom. The van der Waals surface area contributed by atoms with Crippen molar-refractivity contribution in [2.75, 3.05) is 12.0 Å². The molecule has 0 saturated carbocycles. The number of ether oxygens (including phenoxy) is 1. The Morgan fingerprint density at radius 3 is 3.00 bits per heavy atom. The molecule has 0 aromatic carbocycles. The van der Waals surface area contributed by atoms with Crippen LogP contribution in [-0.4, -0.2) is 21.6 Å². The molecule has 2 heterocycles. The first kappa shape index (κ1) is 11.3. The fraction of sp³-hybridized carbons (Fsp3) is 0.182. The predicted octanol–water partition coefficient (Wildman–Crippen LogP) is 0.779. The molecule has 0 aliphatic carbocycles. The monoisotopic (exact) mass is 231 g/mol. The number of hydrogen-bond donors (Lipinski definition) is 2.